The van der Waals surface area contributed by atoms with Crippen molar-refractivity contribution in [3.8, 4) is 0 Å². The van der Waals surface area contributed by atoms with Crippen LogP contribution in [0, 0.1) is 0 Å². The van der Waals surface area contributed by atoms with E-state index in [4.69, 9.17) is 0 Å². The standard InChI is InChI=1S/C22H31N3O3/c1-15-7-5-6-12-25(15)22(28)19-14-24(17-8-3-2-4-9-17)13-18(20(19)26)21(27)23-16-10-11-16/h13-17H,2-12H2,1H3,(H,23,27)/t15-/m0/s1. The summed E-state index contributed by atoms with van der Waals surface area (Å²) in [5.41, 5.74) is -0.149. The van der Waals surface area contributed by atoms with Crippen LogP contribution in [-0.2, 0) is 0 Å². The van der Waals surface area contributed by atoms with Gasteiger partial charge in [-0.15, -0.1) is 0 Å². The number of nitrogens with one attached hydrogen (secondary N) is 1. The molecular formula is C22H31N3O3. The zero-order valence-corrected chi connectivity index (χ0v) is 16.8. The van der Waals surface area contributed by atoms with Crippen molar-refractivity contribution >= 4 is 11.8 Å². The van der Waals surface area contributed by atoms with E-state index >= 15 is 0 Å². The molecule has 1 aliphatic heterocycles. The molecule has 0 spiro atoms. The van der Waals surface area contributed by atoms with Gasteiger partial charge in [-0.05, 0) is 51.9 Å². The molecule has 28 heavy (non-hydrogen) atoms. The van der Waals surface area contributed by atoms with Gasteiger partial charge in [0.15, 0.2) is 0 Å². The van der Waals surface area contributed by atoms with Crippen molar-refractivity contribution < 1.29 is 9.59 Å². The van der Waals surface area contributed by atoms with Crippen LogP contribution in [0.5, 0.6) is 0 Å². The number of piperidine rings is 1. The minimum atomic E-state index is -0.423. The lowest BCUT2D eigenvalue weighted by Gasteiger charge is -2.33. The Balaban J connectivity index is 1.71. The normalized spacial score (nSPS) is 23.5. The lowest BCUT2D eigenvalue weighted by atomic mass is 9.94. The fourth-order valence-corrected chi connectivity index (χ4v) is 4.55. The topological polar surface area (TPSA) is 71.4 Å². The summed E-state index contributed by atoms with van der Waals surface area (Å²) in [6.07, 6.45) is 13.9. The van der Waals surface area contributed by atoms with Crippen LogP contribution in [0.4, 0.5) is 0 Å². The molecule has 3 fully saturated rings. The van der Waals surface area contributed by atoms with Crippen molar-refractivity contribution in [2.75, 3.05) is 6.54 Å². The largest absolute Gasteiger partial charge is 0.349 e. The monoisotopic (exact) mass is 385 g/mol. The predicted molar refractivity (Wildman–Crippen MR) is 108 cm³/mol. The van der Waals surface area contributed by atoms with Crippen LogP contribution in [0.25, 0.3) is 0 Å². The lowest BCUT2D eigenvalue weighted by molar-refractivity contribution is 0.0633. The highest BCUT2D eigenvalue weighted by molar-refractivity contribution is 5.99. The molecule has 6 heteroatoms. The van der Waals surface area contributed by atoms with Crippen LogP contribution < -0.4 is 10.7 Å². The van der Waals surface area contributed by atoms with Crippen LogP contribution in [0.15, 0.2) is 17.2 Å². The van der Waals surface area contributed by atoms with Gasteiger partial charge in [-0.1, -0.05) is 19.3 Å². The maximum atomic E-state index is 13.3. The van der Waals surface area contributed by atoms with E-state index in [1.807, 2.05) is 16.4 Å². The van der Waals surface area contributed by atoms with E-state index in [1.54, 1.807) is 12.4 Å². The second kappa shape index (κ2) is 8.10. The molecule has 1 aromatic rings. The molecule has 3 aliphatic rings. The fraction of sp³-hybridized carbons (Fsp3) is 0.682. The predicted octanol–water partition coefficient (Wildman–Crippen LogP) is 3.26. The number of pyridine rings is 1. The second-order valence-electron chi connectivity index (χ2n) is 8.74. The Labute approximate surface area is 166 Å². The molecular weight excluding hydrogens is 354 g/mol. The molecule has 0 aromatic carbocycles. The molecule has 1 atom stereocenters. The summed E-state index contributed by atoms with van der Waals surface area (Å²) in [4.78, 5) is 40.9. The summed E-state index contributed by atoms with van der Waals surface area (Å²) in [5, 5.41) is 2.92. The second-order valence-corrected chi connectivity index (χ2v) is 8.74. The molecule has 4 rings (SSSR count). The summed E-state index contributed by atoms with van der Waals surface area (Å²) >= 11 is 0. The van der Waals surface area contributed by atoms with E-state index < -0.39 is 5.43 Å². The van der Waals surface area contributed by atoms with E-state index in [0.717, 1.165) is 57.8 Å². The van der Waals surface area contributed by atoms with E-state index in [2.05, 4.69) is 5.32 Å². The SMILES string of the molecule is C[C@H]1CCCCN1C(=O)c1cn(C2CCCCC2)cc(C(=O)NC2CC2)c1=O. The average Bonchev–Trinajstić information content (AvgIpc) is 3.52. The molecule has 6 nitrogen and oxygen atoms in total. The van der Waals surface area contributed by atoms with Gasteiger partial charge in [0.2, 0.25) is 5.43 Å². The van der Waals surface area contributed by atoms with E-state index in [1.165, 1.54) is 6.42 Å². The first-order valence-corrected chi connectivity index (χ1v) is 10.9. The number of carbonyl (C=O) groups is 2. The van der Waals surface area contributed by atoms with Crippen LogP contribution in [0.1, 0.15) is 97.9 Å². The zero-order chi connectivity index (χ0) is 19.7. The van der Waals surface area contributed by atoms with Crippen molar-refractivity contribution in [3.63, 3.8) is 0 Å². The molecule has 1 saturated heterocycles. The molecule has 0 radical (unpaired) electrons. The first-order chi connectivity index (χ1) is 13.5. The Bertz CT molecular complexity index is 806. The van der Waals surface area contributed by atoms with Crippen molar-refractivity contribution in [3.05, 3.63) is 33.7 Å². The van der Waals surface area contributed by atoms with Crippen molar-refractivity contribution in [2.24, 2.45) is 0 Å². The number of hydrogen-bond donors (Lipinski definition) is 1. The number of hydrogen-bond acceptors (Lipinski definition) is 3. The van der Waals surface area contributed by atoms with Gasteiger partial charge in [0.25, 0.3) is 11.8 Å². The van der Waals surface area contributed by atoms with Crippen molar-refractivity contribution in [1.29, 1.82) is 0 Å². The third-order valence-electron chi connectivity index (χ3n) is 6.49. The highest BCUT2D eigenvalue weighted by atomic mass is 16.2. The lowest BCUT2D eigenvalue weighted by Crippen LogP contribution is -2.44. The third-order valence-corrected chi connectivity index (χ3v) is 6.49. The molecule has 1 N–H and O–H groups in total. The van der Waals surface area contributed by atoms with Gasteiger partial charge in [0, 0.05) is 37.1 Å². The number of likely N-dealkylation sites (tertiary alicyclic amines) is 1. The summed E-state index contributed by atoms with van der Waals surface area (Å²) in [5.74, 6) is -0.554. The van der Waals surface area contributed by atoms with Gasteiger partial charge in [-0.25, -0.2) is 0 Å². The minimum absolute atomic E-state index is 0.119. The van der Waals surface area contributed by atoms with Crippen LogP contribution in [0.2, 0.25) is 0 Å². The van der Waals surface area contributed by atoms with Gasteiger partial charge < -0.3 is 14.8 Å². The van der Waals surface area contributed by atoms with Crippen LogP contribution >= 0.6 is 0 Å². The number of aromatic nitrogens is 1. The molecule has 0 unspecified atom stereocenters. The molecule has 152 valence electrons. The van der Waals surface area contributed by atoms with Gasteiger partial charge in [0.1, 0.15) is 11.1 Å². The molecule has 2 saturated carbocycles. The van der Waals surface area contributed by atoms with Crippen molar-refractivity contribution in [1.82, 2.24) is 14.8 Å². The number of nitrogens with zero attached hydrogens (tertiary/aromatic N) is 2. The highest BCUT2D eigenvalue weighted by Gasteiger charge is 2.30. The van der Waals surface area contributed by atoms with Gasteiger partial charge in [0.05, 0.1) is 0 Å². The Kier molecular flexibility index (Phi) is 5.56. The number of carbonyl (C=O) groups excluding carboxylic acids is 2. The Morgan fingerprint density at radius 2 is 1.61 bits per heavy atom. The quantitative estimate of drug-likeness (QED) is 0.865. The van der Waals surface area contributed by atoms with Gasteiger partial charge in [-0.2, -0.15) is 0 Å². The third kappa shape index (κ3) is 4.01. The van der Waals surface area contributed by atoms with E-state index in [0.29, 0.717) is 6.54 Å². The molecule has 2 aliphatic carbocycles. The van der Waals surface area contributed by atoms with Crippen LogP contribution in [0.3, 0.4) is 0 Å². The molecule has 2 amide bonds. The summed E-state index contributed by atoms with van der Waals surface area (Å²) in [6.45, 7) is 2.72. The maximum absolute atomic E-state index is 13.3. The summed E-state index contributed by atoms with van der Waals surface area (Å²) in [7, 11) is 0. The van der Waals surface area contributed by atoms with Gasteiger partial charge in [-0.3, -0.25) is 14.4 Å². The van der Waals surface area contributed by atoms with Crippen molar-refractivity contribution in [2.45, 2.75) is 89.3 Å². The maximum Gasteiger partial charge on any atom is 0.259 e. The highest BCUT2D eigenvalue weighted by Crippen LogP contribution is 2.28. The molecule has 0 bridgehead atoms. The Morgan fingerprint density at radius 1 is 0.929 bits per heavy atom. The Morgan fingerprint density at radius 3 is 2.29 bits per heavy atom. The molecule has 1 aromatic heterocycles. The first-order valence-electron chi connectivity index (χ1n) is 10.9. The molecule has 2 heterocycles. The van der Waals surface area contributed by atoms with E-state index in [-0.39, 0.29) is 41.1 Å². The fourth-order valence-electron chi connectivity index (χ4n) is 4.55. The van der Waals surface area contributed by atoms with Gasteiger partial charge >= 0.3 is 0 Å². The Hall–Kier alpha value is -2.11. The zero-order valence-electron chi connectivity index (χ0n) is 16.8. The summed E-state index contributed by atoms with van der Waals surface area (Å²) < 4.78 is 1.98. The smallest absolute Gasteiger partial charge is 0.259 e. The van der Waals surface area contributed by atoms with Crippen LogP contribution in [-0.4, -0.2) is 39.9 Å². The first kappa shape index (κ1) is 19.2. The average molecular weight is 386 g/mol. The summed E-state index contributed by atoms with van der Waals surface area (Å²) in [6, 6.07) is 0.566. The minimum Gasteiger partial charge on any atom is -0.349 e. The number of rotatable bonds is 4. The van der Waals surface area contributed by atoms with E-state index in [9.17, 15) is 14.4 Å². The number of amides is 2.